The van der Waals surface area contributed by atoms with Crippen LogP contribution in [0.15, 0.2) is 50.4 Å². The van der Waals surface area contributed by atoms with Gasteiger partial charge in [-0.3, -0.25) is 0 Å². The molecule has 1 aliphatic carbocycles. The Bertz CT molecular complexity index is 866. The van der Waals surface area contributed by atoms with Gasteiger partial charge in [0.15, 0.2) is 0 Å². The molecule has 1 N–H and O–H groups in total. The Morgan fingerprint density at radius 2 is 1.73 bits per heavy atom. The summed E-state index contributed by atoms with van der Waals surface area (Å²) >= 11 is 3.48. The van der Waals surface area contributed by atoms with Crippen LogP contribution in [0.3, 0.4) is 0 Å². The zero-order valence-corrected chi connectivity index (χ0v) is 17.0. The highest BCUT2D eigenvalue weighted by Gasteiger charge is 2.38. The fourth-order valence-corrected chi connectivity index (χ4v) is 5.48. The molecule has 1 saturated carbocycles. The zero-order valence-electron chi connectivity index (χ0n) is 14.6. The Morgan fingerprint density at radius 3 is 2.35 bits per heavy atom. The largest absolute Gasteiger partial charge is 0.447 e. The summed E-state index contributed by atoms with van der Waals surface area (Å²) in [5.41, 5.74) is 1.23. The average molecular weight is 439 g/mol. The summed E-state index contributed by atoms with van der Waals surface area (Å²) in [7, 11) is -3.49. The van der Waals surface area contributed by atoms with Crippen LogP contribution in [0, 0.1) is 0 Å². The van der Waals surface area contributed by atoms with E-state index in [0.29, 0.717) is 25.4 Å². The molecule has 0 bridgehead atoms. The molecule has 140 valence electrons. The van der Waals surface area contributed by atoms with Gasteiger partial charge in [-0.05, 0) is 61.9 Å². The maximum atomic E-state index is 12.6. The Morgan fingerprint density at radius 1 is 1.04 bits per heavy atom. The smallest absolute Gasteiger partial charge is 0.276 e. The van der Waals surface area contributed by atoms with Gasteiger partial charge in [-0.15, -0.1) is 0 Å². The third-order valence-electron chi connectivity index (χ3n) is 5.50. The summed E-state index contributed by atoms with van der Waals surface area (Å²) in [4.78, 5) is 0. The monoisotopic (exact) mass is 438 g/mol. The fraction of sp³-hybridized carbons (Fsp3) is 0.474. The lowest BCUT2D eigenvalue weighted by atomic mass is 9.72. The molecule has 5 nitrogen and oxygen atoms in total. The maximum Gasteiger partial charge on any atom is 0.276 e. The van der Waals surface area contributed by atoms with Crippen LogP contribution < -0.4 is 5.32 Å². The lowest BCUT2D eigenvalue weighted by molar-refractivity contribution is 0.177. The van der Waals surface area contributed by atoms with E-state index in [1.54, 1.807) is 12.1 Å². The number of nitrogens with zero attached hydrogens (tertiary/aromatic N) is 1. The van der Waals surface area contributed by atoms with Crippen molar-refractivity contribution in [3.63, 3.8) is 0 Å². The van der Waals surface area contributed by atoms with E-state index in [9.17, 15) is 8.42 Å². The molecule has 0 radical (unpaired) electrons. The van der Waals surface area contributed by atoms with Gasteiger partial charge in [0.25, 0.3) is 10.0 Å². The van der Waals surface area contributed by atoms with Crippen molar-refractivity contribution in [1.29, 1.82) is 0 Å². The molecule has 7 heteroatoms. The summed E-state index contributed by atoms with van der Waals surface area (Å²) in [5, 5.41) is 3.66. The van der Waals surface area contributed by atoms with Gasteiger partial charge in [0, 0.05) is 23.1 Å². The van der Waals surface area contributed by atoms with Gasteiger partial charge >= 0.3 is 0 Å². The molecule has 1 saturated heterocycles. The van der Waals surface area contributed by atoms with Crippen LogP contribution in [0.2, 0.25) is 0 Å². The van der Waals surface area contributed by atoms with Crippen LogP contribution in [-0.2, 0) is 22.1 Å². The zero-order chi connectivity index (χ0) is 18.2. The molecule has 0 atom stereocenters. The van der Waals surface area contributed by atoms with E-state index in [1.165, 1.54) is 16.3 Å². The summed E-state index contributed by atoms with van der Waals surface area (Å²) in [6, 6.07) is 11.8. The first-order valence-corrected chi connectivity index (χ1v) is 11.3. The van der Waals surface area contributed by atoms with Crippen LogP contribution in [0.25, 0.3) is 0 Å². The number of nitrogens with one attached hydrogen (secondary N) is 1. The quantitative estimate of drug-likeness (QED) is 0.740. The van der Waals surface area contributed by atoms with Crippen molar-refractivity contribution in [1.82, 2.24) is 9.62 Å². The van der Waals surface area contributed by atoms with Gasteiger partial charge in [0.2, 0.25) is 5.09 Å². The molecule has 1 aromatic heterocycles. The number of hydrogen-bond acceptors (Lipinski definition) is 4. The third-order valence-corrected chi connectivity index (χ3v) is 7.80. The molecule has 0 spiro atoms. The second-order valence-electron chi connectivity index (χ2n) is 7.13. The van der Waals surface area contributed by atoms with Crippen LogP contribution in [-0.4, -0.2) is 25.8 Å². The summed E-state index contributed by atoms with van der Waals surface area (Å²) in [5.74, 6) is 0.658. The summed E-state index contributed by atoms with van der Waals surface area (Å²) in [6.07, 6.45) is 5.19. The Balaban J connectivity index is 1.46. The normalized spacial score (nSPS) is 20.2. The molecular weight excluding hydrogens is 416 g/mol. The van der Waals surface area contributed by atoms with Gasteiger partial charge in [-0.2, -0.15) is 4.31 Å². The SMILES string of the molecule is O=S(=O)(c1ccc(CNC2(c3ccc(Br)cc3)CCC2)o1)N1CCCC1. The Labute approximate surface area is 162 Å². The second kappa shape index (κ2) is 7.11. The summed E-state index contributed by atoms with van der Waals surface area (Å²) < 4.78 is 33.4. The molecule has 2 aliphatic rings. The van der Waals surface area contributed by atoms with Gasteiger partial charge in [-0.1, -0.05) is 28.1 Å². The minimum absolute atomic E-state index is 0.0402. The van der Waals surface area contributed by atoms with E-state index >= 15 is 0 Å². The van der Waals surface area contributed by atoms with Crippen molar-refractivity contribution in [2.24, 2.45) is 0 Å². The number of rotatable bonds is 6. The topological polar surface area (TPSA) is 62.6 Å². The van der Waals surface area contributed by atoms with Crippen molar-refractivity contribution >= 4 is 26.0 Å². The second-order valence-corrected chi connectivity index (χ2v) is 9.91. The van der Waals surface area contributed by atoms with Crippen LogP contribution in [0.1, 0.15) is 43.4 Å². The van der Waals surface area contributed by atoms with Crippen molar-refractivity contribution in [2.75, 3.05) is 13.1 Å². The Hall–Kier alpha value is -1.15. The summed E-state index contributed by atoms with van der Waals surface area (Å²) in [6.45, 7) is 1.69. The van der Waals surface area contributed by atoms with E-state index in [2.05, 4.69) is 45.5 Å². The first-order chi connectivity index (χ1) is 12.5. The van der Waals surface area contributed by atoms with E-state index in [-0.39, 0.29) is 10.6 Å². The highest BCUT2D eigenvalue weighted by atomic mass is 79.9. The standard InChI is InChI=1S/C19H23BrN2O3S/c20-16-6-4-15(5-7-16)19(10-3-11-19)21-14-17-8-9-18(25-17)26(23,24)22-12-1-2-13-22/h4-9,21H,1-3,10-14H2. The van der Waals surface area contributed by atoms with E-state index < -0.39 is 10.0 Å². The molecule has 1 aromatic carbocycles. The maximum absolute atomic E-state index is 12.6. The first-order valence-electron chi connectivity index (χ1n) is 9.10. The number of furan rings is 1. The van der Waals surface area contributed by atoms with Crippen molar-refractivity contribution in [2.45, 2.75) is 49.3 Å². The molecule has 1 aliphatic heterocycles. The van der Waals surface area contributed by atoms with Crippen molar-refractivity contribution in [3.05, 3.63) is 52.2 Å². The van der Waals surface area contributed by atoms with Gasteiger partial charge in [0.1, 0.15) is 5.76 Å². The number of sulfonamides is 1. The number of hydrogen-bond donors (Lipinski definition) is 1. The lowest BCUT2D eigenvalue weighted by Crippen LogP contribution is -2.47. The predicted octanol–water partition coefficient (Wildman–Crippen LogP) is 4.00. The average Bonchev–Trinajstić information content (AvgIpc) is 3.27. The number of halogens is 1. The minimum atomic E-state index is -3.49. The molecule has 0 unspecified atom stereocenters. The van der Waals surface area contributed by atoms with E-state index in [1.807, 2.05) is 0 Å². The van der Waals surface area contributed by atoms with Crippen LogP contribution in [0.4, 0.5) is 0 Å². The predicted molar refractivity (Wildman–Crippen MR) is 103 cm³/mol. The minimum Gasteiger partial charge on any atom is -0.447 e. The third kappa shape index (κ3) is 3.38. The number of benzene rings is 1. The van der Waals surface area contributed by atoms with Gasteiger partial charge in [-0.25, -0.2) is 8.42 Å². The fourth-order valence-electron chi connectivity index (χ4n) is 3.77. The molecule has 2 heterocycles. The van der Waals surface area contributed by atoms with Crippen molar-refractivity contribution < 1.29 is 12.8 Å². The first kappa shape index (κ1) is 18.2. The molecular formula is C19H23BrN2O3S. The Kier molecular flexibility index (Phi) is 4.98. The van der Waals surface area contributed by atoms with Gasteiger partial charge in [0.05, 0.1) is 6.54 Å². The van der Waals surface area contributed by atoms with Gasteiger partial charge < -0.3 is 9.73 Å². The van der Waals surface area contributed by atoms with Crippen LogP contribution in [0.5, 0.6) is 0 Å². The van der Waals surface area contributed by atoms with E-state index in [0.717, 1.165) is 30.2 Å². The highest BCUT2D eigenvalue weighted by Crippen LogP contribution is 2.41. The molecule has 0 amide bonds. The highest BCUT2D eigenvalue weighted by molar-refractivity contribution is 9.10. The van der Waals surface area contributed by atoms with Crippen molar-refractivity contribution in [3.8, 4) is 0 Å². The molecule has 2 fully saturated rings. The molecule has 26 heavy (non-hydrogen) atoms. The molecule has 2 aromatic rings. The van der Waals surface area contributed by atoms with E-state index in [4.69, 9.17) is 4.42 Å². The molecule has 4 rings (SSSR count). The lowest BCUT2D eigenvalue weighted by Gasteiger charge is -2.43. The van der Waals surface area contributed by atoms with Crippen LogP contribution >= 0.6 is 15.9 Å².